The fourth-order valence-corrected chi connectivity index (χ4v) is 3.03. The lowest BCUT2D eigenvalue weighted by molar-refractivity contribution is 0.519. The second kappa shape index (κ2) is 3.70. The maximum atomic E-state index is 13.5. The predicted octanol–water partition coefficient (Wildman–Crippen LogP) is 4.65. The second-order valence-electron chi connectivity index (χ2n) is 3.99. The van der Waals surface area contributed by atoms with Gasteiger partial charge in [0.05, 0.1) is 0 Å². The lowest BCUT2D eigenvalue weighted by Crippen LogP contribution is -2.14. The van der Waals surface area contributed by atoms with E-state index in [1.807, 2.05) is 26.8 Å². The number of hydrogen-bond acceptors (Lipinski definition) is 0. The van der Waals surface area contributed by atoms with E-state index in [2.05, 4.69) is 31.9 Å². The summed E-state index contributed by atoms with van der Waals surface area (Å²) in [5.74, 6) is -0.172. The van der Waals surface area contributed by atoms with Gasteiger partial charge in [0.25, 0.3) is 0 Å². The van der Waals surface area contributed by atoms with Crippen LogP contribution in [0, 0.1) is 5.82 Å². The molecule has 0 N–H and O–H groups in total. The Hall–Kier alpha value is 0.110. The Bertz CT molecular complexity index is 303. The van der Waals surface area contributed by atoms with Crippen LogP contribution in [0.15, 0.2) is 21.1 Å². The minimum Gasteiger partial charge on any atom is -0.207 e. The molecule has 0 atom stereocenters. The zero-order chi connectivity index (χ0) is 10.2. The monoisotopic (exact) mass is 308 g/mol. The largest absolute Gasteiger partial charge is 0.207 e. The molecule has 0 bridgehead atoms. The minimum atomic E-state index is -0.177. The van der Waals surface area contributed by atoms with Gasteiger partial charge >= 0.3 is 0 Å². The summed E-state index contributed by atoms with van der Waals surface area (Å²) in [6, 6.07) is 3.36. The summed E-state index contributed by atoms with van der Waals surface area (Å²) < 4.78 is 15.1. The van der Waals surface area contributed by atoms with E-state index >= 15 is 0 Å². The smallest absolute Gasteiger partial charge is 0.129 e. The van der Waals surface area contributed by atoms with E-state index in [0.29, 0.717) is 0 Å². The summed E-state index contributed by atoms with van der Waals surface area (Å²) in [5.41, 5.74) is 0.541. The lowest BCUT2D eigenvalue weighted by atomic mass is 9.87. The van der Waals surface area contributed by atoms with Crippen LogP contribution < -0.4 is 0 Å². The van der Waals surface area contributed by atoms with Gasteiger partial charge in [-0.05, 0) is 17.5 Å². The Morgan fingerprint density at radius 3 is 2.08 bits per heavy atom. The van der Waals surface area contributed by atoms with Crippen molar-refractivity contribution in [2.75, 3.05) is 0 Å². The van der Waals surface area contributed by atoms with Gasteiger partial charge in [-0.3, -0.25) is 0 Å². The average Bonchev–Trinajstić information content (AvgIpc) is 1.78. The summed E-state index contributed by atoms with van der Waals surface area (Å²) >= 11 is 6.61. The van der Waals surface area contributed by atoms with Crippen LogP contribution in [0.1, 0.15) is 26.3 Å². The molecule has 0 saturated carbocycles. The molecule has 0 fully saturated rings. The molecule has 0 aliphatic rings. The van der Waals surface area contributed by atoms with E-state index in [1.54, 1.807) is 0 Å². The first-order valence-corrected chi connectivity index (χ1v) is 5.56. The van der Waals surface area contributed by atoms with Crippen LogP contribution in [0.5, 0.6) is 0 Å². The molecule has 0 spiro atoms. The van der Waals surface area contributed by atoms with Crippen molar-refractivity contribution in [2.45, 2.75) is 26.2 Å². The molecule has 13 heavy (non-hydrogen) atoms. The molecule has 72 valence electrons. The van der Waals surface area contributed by atoms with E-state index in [0.717, 1.165) is 14.5 Å². The van der Waals surface area contributed by atoms with Crippen molar-refractivity contribution in [3.8, 4) is 0 Å². The number of halogens is 3. The molecule has 0 aliphatic heterocycles. The van der Waals surface area contributed by atoms with Crippen molar-refractivity contribution >= 4 is 31.9 Å². The van der Waals surface area contributed by atoms with Gasteiger partial charge in [-0.25, -0.2) is 4.39 Å². The van der Waals surface area contributed by atoms with Gasteiger partial charge < -0.3 is 0 Å². The van der Waals surface area contributed by atoms with Crippen LogP contribution >= 0.6 is 31.9 Å². The summed E-state index contributed by atoms with van der Waals surface area (Å²) in [7, 11) is 0. The molecule has 1 aromatic rings. The Morgan fingerprint density at radius 1 is 1.15 bits per heavy atom. The average molecular weight is 310 g/mol. The SMILES string of the molecule is CC(C)(C)c1c(F)cc(Br)cc1Br. The van der Waals surface area contributed by atoms with Crippen molar-refractivity contribution in [1.82, 2.24) is 0 Å². The fraction of sp³-hybridized carbons (Fsp3) is 0.400. The summed E-state index contributed by atoms with van der Waals surface area (Å²) in [6.07, 6.45) is 0. The normalized spacial score (nSPS) is 11.8. The first-order valence-electron chi connectivity index (χ1n) is 3.97. The van der Waals surface area contributed by atoms with E-state index in [1.165, 1.54) is 6.07 Å². The molecule has 1 rings (SSSR count). The molecule has 0 saturated heterocycles. The van der Waals surface area contributed by atoms with E-state index in [4.69, 9.17) is 0 Å². The van der Waals surface area contributed by atoms with Crippen molar-refractivity contribution in [1.29, 1.82) is 0 Å². The fourth-order valence-electron chi connectivity index (χ4n) is 1.26. The third-order valence-electron chi connectivity index (χ3n) is 1.76. The van der Waals surface area contributed by atoms with Gasteiger partial charge in [-0.1, -0.05) is 52.6 Å². The van der Waals surface area contributed by atoms with Gasteiger partial charge in [-0.2, -0.15) is 0 Å². The highest BCUT2D eigenvalue weighted by molar-refractivity contribution is 9.11. The van der Waals surface area contributed by atoms with Crippen molar-refractivity contribution in [2.24, 2.45) is 0 Å². The van der Waals surface area contributed by atoms with Gasteiger partial charge in [0.15, 0.2) is 0 Å². The topological polar surface area (TPSA) is 0 Å². The number of rotatable bonds is 0. The maximum Gasteiger partial charge on any atom is 0.129 e. The quantitative estimate of drug-likeness (QED) is 0.654. The molecule has 0 nitrogen and oxygen atoms in total. The standard InChI is InChI=1S/C10H11Br2F/c1-10(2,3)9-7(12)4-6(11)5-8(9)13/h4-5H,1-3H3. The third kappa shape index (κ3) is 2.53. The number of hydrogen-bond donors (Lipinski definition) is 0. The molecule has 0 radical (unpaired) electrons. The van der Waals surface area contributed by atoms with E-state index < -0.39 is 0 Å². The van der Waals surface area contributed by atoms with Gasteiger partial charge in [0, 0.05) is 14.5 Å². The van der Waals surface area contributed by atoms with Crippen LogP contribution in [0.25, 0.3) is 0 Å². The third-order valence-corrected chi connectivity index (χ3v) is 2.84. The molecule has 0 amide bonds. The lowest BCUT2D eigenvalue weighted by Gasteiger charge is -2.21. The highest BCUT2D eigenvalue weighted by Gasteiger charge is 2.21. The van der Waals surface area contributed by atoms with Crippen LogP contribution in [0.4, 0.5) is 4.39 Å². The Labute approximate surface area is 94.8 Å². The molecule has 1 aromatic carbocycles. The molecule has 0 heterocycles. The van der Waals surface area contributed by atoms with Gasteiger partial charge in [0.1, 0.15) is 5.82 Å². The first kappa shape index (κ1) is 11.2. The molecule has 0 unspecified atom stereocenters. The minimum absolute atomic E-state index is 0.172. The van der Waals surface area contributed by atoms with Crippen LogP contribution in [-0.2, 0) is 5.41 Å². The molecular formula is C10H11Br2F. The number of benzene rings is 1. The summed E-state index contributed by atoms with van der Waals surface area (Å²) in [5, 5.41) is 0. The van der Waals surface area contributed by atoms with Crippen molar-refractivity contribution in [3.63, 3.8) is 0 Å². The molecule has 0 aromatic heterocycles. The molecule has 3 heteroatoms. The second-order valence-corrected chi connectivity index (χ2v) is 5.76. The van der Waals surface area contributed by atoms with E-state index in [-0.39, 0.29) is 11.2 Å². The highest BCUT2D eigenvalue weighted by atomic mass is 79.9. The van der Waals surface area contributed by atoms with Gasteiger partial charge in [-0.15, -0.1) is 0 Å². The Morgan fingerprint density at radius 2 is 1.69 bits per heavy atom. The molecular weight excluding hydrogens is 299 g/mol. The van der Waals surface area contributed by atoms with Crippen LogP contribution in [-0.4, -0.2) is 0 Å². The maximum absolute atomic E-state index is 13.5. The van der Waals surface area contributed by atoms with Crippen LogP contribution in [0.3, 0.4) is 0 Å². The first-order chi connectivity index (χ1) is 5.82. The Kier molecular flexibility index (Phi) is 3.18. The summed E-state index contributed by atoms with van der Waals surface area (Å²) in [4.78, 5) is 0. The van der Waals surface area contributed by atoms with Crippen LogP contribution in [0.2, 0.25) is 0 Å². The Balaban J connectivity index is 3.38. The van der Waals surface area contributed by atoms with Crippen molar-refractivity contribution in [3.05, 3.63) is 32.5 Å². The zero-order valence-electron chi connectivity index (χ0n) is 7.79. The zero-order valence-corrected chi connectivity index (χ0v) is 11.0. The predicted molar refractivity (Wildman–Crippen MR) is 60.5 cm³/mol. The summed E-state index contributed by atoms with van der Waals surface area (Å²) in [6.45, 7) is 5.97. The molecule has 0 aliphatic carbocycles. The van der Waals surface area contributed by atoms with E-state index in [9.17, 15) is 4.39 Å². The van der Waals surface area contributed by atoms with Gasteiger partial charge in [0.2, 0.25) is 0 Å². The highest BCUT2D eigenvalue weighted by Crippen LogP contribution is 2.34. The van der Waals surface area contributed by atoms with Crippen molar-refractivity contribution < 1.29 is 4.39 Å².